The van der Waals surface area contributed by atoms with Gasteiger partial charge >= 0.3 is 6.03 Å². The Morgan fingerprint density at radius 1 is 1.22 bits per heavy atom. The predicted molar refractivity (Wildman–Crippen MR) is 76.2 cm³/mol. The van der Waals surface area contributed by atoms with Crippen LogP contribution >= 0.6 is 11.3 Å². The van der Waals surface area contributed by atoms with E-state index in [9.17, 15) is 4.79 Å². The number of rotatable bonds is 4. The number of nitrogens with one attached hydrogen (secondary N) is 2. The van der Waals surface area contributed by atoms with E-state index in [1.54, 1.807) is 11.3 Å². The lowest BCUT2D eigenvalue weighted by molar-refractivity contribution is 0.252. The van der Waals surface area contributed by atoms with Gasteiger partial charge in [0.05, 0.1) is 0 Å². The number of urea groups is 1. The van der Waals surface area contributed by atoms with Crippen LogP contribution in [-0.4, -0.2) is 12.6 Å². The van der Waals surface area contributed by atoms with Gasteiger partial charge in [-0.3, -0.25) is 0 Å². The third-order valence-corrected chi connectivity index (χ3v) is 3.32. The van der Waals surface area contributed by atoms with Crippen LogP contribution in [0.3, 0.4) is 0 Å². The Bertz CT molecular complexity index is 491. The number of aryl methyl sites for hydroxylation is 1. The van der Waals surface area contributed by atoms with Crippen LogP contribution in [0.15, 0.2) is 41.1 Å². The number of carbonyl (C=O) groups excluding carboxylic acids is 1. The number of benzene rings is 1. The summed E-state index contributed by atoms with van der Waals surface area (Å²) in [6.45, 7) is 2.67. The van der Waals surface area contributed by atoms with Crippen molar-refractivity contribution in [2.75, 3.05) is 11.9 Å². The maximum atomic E-state index is 11.6. The van der Waals surface area contributed by atoms with Gasteiger partial charge in [-0.15, -0.1) is 0 Å². The van der Waals surface area contributed by atoms with Gasteiger partial charge in [-0.1, -0.05) is 17.7 Å². The number of hydrogen-bond acceptors (Lipinski definition) is 2. The number of carbonyl (C=O) groups is 1. The monoisotopic (exact) mass is 260 g/mol. The van der Waals surface area contributed by atoms with Gasteiger partial charge in [-0.2, -0.15) is 11.3 Å². The molecule has 2 amide bonds. The fourth-order valence-corrected chi connectivity index (χ4v) is 2.27. The summed E-state index contributed by atoms with van der Waals surface area (Å²) in [7, 11) is 0. The smallest absolute Gasteiger partial charge is 0.319 e. The second-order valence-corrected chi connectivity index (χ2v) is 4.91. The van der Waals surface area contributed by atoms with Crippen molar-refractivity contribution in [2.24, 2.45) is 0 Å². The molecule has 0 aliphatic carbocycles. The van der Waals surface area contributed by atoms with Crippen LogP contribution in [-0.2, 0) is 6.42 Å². The Kier molecular flexibility index (Phi) is 4.36. The zero-order valence-corrected chi connectivity index (χ0v) is 11.1. The third-order valence-electron chi connectivity index (χ3n) is 2.59. The van der Waals surface area contributed by atoms with E-state index in [-0.39, 0.29) is 6.03 Å². The molecule has 0 unspecified atom stereocenters. The summed E-state index contributed by atoms with van der Waals surface area (Å²) < 4.78 is 0. The van der Waals surface area contributed by atoms with Gasteiger partial charge < -0.3 is 10.6 Å². The Morgan fingerprint density at radius 2 is 2.00 bits per heavy atom. The van der Waals surface area contributed by atoms with Crippen molar-refractivity contribution in [1.29, 1.82) is 0 Å². The summed E-state index contributed by atoms with van der Waals surface area (Å²) in [5.74, 6) is 0. The molecule has 0 fully saturated rings. The molecule has 0 aliphatic heterocycles. The highest BCUT2D eigenvalue weighted by Gasteiger charge is 2.01. The van der Waals surface area contributed by atoms with Crippen molar-refractivity contribution in [1.82, 2.24) is 5.32 Å². The quantitative estimate of drug-likeness (QED) is 0.869. The SMILES string of the molecule is Cc1ccc(NC(=O)NCCc2ccsc2)cc1. The first kappa shape index (κ1) is 12.6. The van der Waals surface area contributed by atoms with E-state index in [0.29, 0.717) is 6.54 Å². The largest absolute Gasteiger partial charge is 0.338 e. The van der Waals surface area contributed by atoms with Crippen molar-refractivity contribution in [3.63, 3.8) is 0 Å². The van der Waals surface area contributed by atoms with E-state index in [0.717, 1.165) is 12.1 Å². The maximum absolute atomic E-state index is 11.6. The van der Waals surface area contributed by atoms with Gasteiger partial charge in [0.1, 0.15) is 0 Å². The van der Waals surface area contributed by atoms with Crippen molar-refractivity contribution in [3.05, 3.63) is 52.2 Å². The number of thiophene rings is 1. The van der Waals surface area contributed by atoms with Crippen LogP contribution in [0, 0.1) is 6.92 Å². The van der Waals surface area contributed by atoms with Crippen molar-refractivity contribution >= 4 is 23.1 Å². The molecule has 3 nitrogen and oxygen atoms in total. The highest BCUT2D eigenvalue weighted by atomic mass is 32.1. The first-order chi connectivity index (χ1) is 8.74. The van der Waals surface area contributed by atoms with Crippen molar-refractivity contribution < 1.29 is 4.79 Å². The summed E-state index contributed by atoms with van der Waals surface area (Å²) in [5.41, 5.74) is 3.25. The fourth-order valence-electron chi connectivity index (χ4n) is 1.57. The molecule has 1 heterocycles. The fraction of sp³-hybridized carbons (Fsp3) is 0.214. The highest BCUT2D eigenvalue weighted by Crippen LogP contribution is 2.08. The van der Waals surface area contributed by atoms with Gasteiger partial charge in [0, 0.05) is 12.2 Å². The molecular formula is C14H16N2OS. The molecular weight excluding hydrogens is 244 g/mol. The molecule has 94 valence electrons. The summed E-state index contributed by atoms with van der Waals surface area (Å²) in [6, 6.07) is 9.65. The molecule has 0 aliphatic rings. The second kappa shape index (κ2) is 6.21. The molecule has 2 aromatic rings. The van der Waals surface area contributed by atoms with Crippen LogP contribution in [0.2, 0.25) is 0 Å². The molecule has 18 heavy (non-hydrogen) atoms. The summed E-state index contributed by atoms with van der Waals surface area (Å²) in [5, 5.41) is 9.78. The molecule has 0 spiro atoms. The minimum absolute atomic E-state index is 0.158. The predicted octanol–water partition coefficient (Wildman–Crippen LogP) is 3.42. The lowest BCUT2D eigenvalue weighted by Crippen LogP contribution is -2.30. The number of anilines is 1. The molecule has 0 saturated carbocycles. The standard InChI is InChI=1S/C14H16N2OS/c1-11-2-4-13(5-3-11)16-14(17)15-8-6-12-7-9-18-10-12/h2-5,7,9-10H,6,8H2,1H3,(H2,15,16,17). The lowest BCUT2D eigenvalue weighted by atomic mass is 10.2. The van der Waals surface area contributed by atoms with Gasteiger partial charge in [0.15, 0.2) is 0 Å². The summed E-state index contributed by atoms with van der Waals surface area (Å²) in [4.78, 5) is 11.6. The maximum Gasteiger partial charge on any atom is 0.319 e. The lowest BCUT2D eigenvalue weighted by Gasteiger charge is -2.07. The molecule has 0 radical (unpaired) electrons. The molecule has 0 bridgehead atoms. The summed E-state index contributed by atoms with van der Waals surface area (Å²) in [6.07, 6.45) is 0.866. The molecule has 2 rings (SSSR count). The zero-order valence-electron chi connectivity index (χ0n) is 10.3. The summed E-state index contributed by atoms with van der Waals surface area (Å²) >= 11 is 1.67. The number of amides is 2. The Hall–Kier alpha value is -1.81. The topological polar surface area (TPSA) is 41.1 Å². The van der Waals surface area contributed by atoms with E-state index < -0.39 is 0 Å². The molecule has 0 saturated heterocycles. The minimum atomic E-state index is -0.158. The molecule has 1 aromatic heterocycles. The Balaban J connectivity index is 1.73. The van der Waals surface area contributed by atoms with E-state index in [1.165, 1.54) is 11.1 Å². The molecule has 2 N–H and O–H groups in total. The van der Waals surface area contributed by atoms with Crippen LogP contribution in [0.25, 0.3) is 0 Å². The molecule has 4 heteroatoms. The van der Waals surface area contributed by atoms with Gasteiger partial charge in [0.2, 0.25) is 0 Å². The minimum Gasteiger partial charge on any atom is -0.338 e. The average molecular weight is 260 g/mol. The van der Waals surface area contributed by atoms with E-state index in [1.807, 2.05) is 36.6 Å². The average Bonchev–Trinajstić information content (AvgIpc) is 2.85. The first-order valence-corrected chi connectivity index (χ1v) is 6.81. The van der Waals surface area contributed by atoms with Gasteiger partial charge in [0.25, 0.3) is 0 Å². The van der Waals surface area contributed by atoms with Crippen molar-refractivity contribution in [2.45, 2.75) is 13.3 Å². The van der Waals surface area contributed by atoms with Gasteiger partial charge in [-0.05, 0) is 47.9 Å². The van der Waals surface area contributed by atoms with Crippen LogP contribution in [0.1, 0.15) is 11.1 Å². The normalized spacial score (nSPS) is 10.1. The second-order valence-electron chi connectivity index (χ2n) is 4.13. The Labute approximate surface area is 111 Å². The third kappa shape index (κ3) is 3.89. The first-order valence-electron chi connectivity index (χ1n) is 5.86. The van der Waals surface area contributed by atoms with E-state index in [2.05, 4.69) is 22.1 Å². The van der Waals surface area contributed by atoms with Crippen molar-refractivity contribution in [3.8, 4) is 0 Å². The van der Waals surface area contributed by atoms with Crippen LogP contribution in [0.5, 0.6) is 0 Å². The van der Waals surface area contributed by atoms with Gasteiger partial charge in [-0.25, -0.2) is 4.79 Å². The van der Waals surface area contributed by atoms with Crippen LogP contribution in [0.4, 0.5) is 10.5 Å². The zero-order chi connectivity index (χ0) is 12.8. The molecule has 0 atom stereocenters. The highest BCUT2D eigenvalue weighted by molar-refractivity contribution is 7.07. The molecule has 1 aromatic carbocycles. The Morgan fingerprint density at radius 3 is 2.67 bits per heavy atom. The van der Waals surface area contributed by atoms with Crippen LogP contribution < -0.4 is 10.6 Å². The number of hydrogen-bond donors (Lipinski definition) is 2. The van der Waals surface area contributed by atoms with E-state index in [4.69, 9.17) is 0 Å². The van der Waals surface area contributed by atoms with E-state index >= 15 is 0 Å².